The van der Waals surface area contributed by atoms with E-state index < -0.39 is 5.82 Å². The summed E-state index contributed by atoms with van der Waals surface area (Å²) in [5, 5.41) is 3.67. The molecular formula is C19H19ClFN3O2. The Morgan fingerprint density at radius 2 is 1.88 bits per heavy atom. The molecule has 1 heterocycles. The molecule has 0 bridgehead atoms. The molecule has 5 nitrogen and oxygen atoms in total. The second kappa shape index (κ2) is 6.96. The van der Waals surface area contributed by atoms with Gasteiger partial charge >= 0.3 is 0 Å². The van der Waals surface area contributed by atoms with Gasteiger partial charge in [-0.3, -0.25) is 0 Å². The molecule has 0 atom stereocenters. The fourth-order valence-electron chi connectivity index (χ4n) is 2.46. The Morgan fingerprint density at radius 3 is 2.58 bits per heavy atom. The molecule has 0 fully saturated rings. The molecule has 0 aliphatic rings. The molecule has 0 saturated heterocycles. The van der Waals surface area contributed by atoms with Crippen LogP contribution in [0.4, 0.5) is 15.9 Å². The topological polar surface area (TPSA) is 56.3 Å². The number of benzene rings is 2. The van der Waals surface area contributed by atoms with Gasteiger partial charge in [-0.05, 0) is 39.0 Å². The van der Waals surface area contributed by atoms with Crippen molar-refractivity contribution in [2.75, 3.05) is 12.4 Å². The van der Waals surface area contributed by atoms with E-state index in [2.05, 4.69) is 15.3 Å². The smallest absolute Gasteiger partial charge is 0.165 e. The molecule has 0 aliphatic carbocycles. The Bertz CT molecular complexity index is 957. The van der Waals surface area contributed by atoms with E-state index in [0.29, 0.717) is 28.2 Å². The Kier molecular flexibility index (Phi) is 4.87. The summed E-state index contributed by atoms with van der Waals surface area (Å²) in [5.74, 6) is 1.01. The van der Waals surface area contributed by atoms with Crippen LogP contribution in [-0.2, 0) is 0 Å². The zero-order valence-electron chi connectivity index (χ0n) is 14.9. The van der Waals surface area contributed by atoms with Gasteiger partial charge in [-0.1, -0.05) is 17.7 Å². The predicted molar refractivity (Wildman–Crippen MR) is 101 cm³/mol. The van der Waals surface area contributed by atoms with E-state index in [1.54, 1.807) is 31.4 Å². The number of nitrogens with one attached hydrogen (secondary N) is 1. The Balaban J connectivity index is 2.09. The molecule has 1 N–H and O–H groups in total. The number of hydrogen-bond acceptors (Lipinski definition) is 5. The summed E-state index contributed by atoms with van der Waals surface area (Å²) >= 11 is 5.84. The third-order valence-electron chi connectivity index (χ3n) is 3.54. The summed E-state index contributed by atoms with van der Waals surface area (Å²) in [5.41, 5.74) is 0.482. The maximum absolute atomic E-state index is 14.2. The van der Waals surface area contributed by atoms with Crippen molar-refractivity contribution in [3.8, 4) is 11.5 Å². The van der Waals surface area contributed by atoms with Gasteiger partial charge in [0.05, 0.1) is 23.3 Å². The lowest BCUT2D eigenvalue weighted by Crippen LogP contribution is -2.23. The number of fused-ring (bicyclic) bond motifs is 1. The SMILES string of the molecule is COc1cc2c(Nc3cccc(Cl)c3F)ncnc2cc1OC(C)(C)C. The maximum atomic E-state index is 14.2. The third-order valence-corrected chi connectivity index (χ3v) is 3.83. The number of methoxy groups -OCH3 is 1. The second-order valence-corrected chi connectivity index (χ2v) is 7.09. The van der Waals surface area contributed by atoms with E-state index in [-0.39, 0.29) is 16.3 Å². The standard InChI is InChI=1S/C19H19ClFN3O2/c1-19(2,3)26-16-9-14-11(8-15(16)25-4)18(23-10-22-14)24-13-7-5-6-12(20)17(13)21/h5-10H,1-4H3,(H,22,23,24). The van der Waals surface area contributed by atoms with Crippen molar-refractivity contribution >= 4 is 34.0 Å². The largest absolute Gasteiger partial charge is 0.493 e. The van der Waals surface area contributed by atoms with Crippen molar-refractivity contribution in [3.63, 3.8) is 0 Å². The van der Waals surface area contributed by atoms with E-state index in [1.807, 2.05) is 20.8 Å². The predicted octanol–water partition coefficient (Wildman–Crippen LogP) is 5.35. The fourth-order valence-corrected chi connectivity index (χ4v) is 2.64. The number of aromatic nitrogens is 2. The molecule has 0 spiro atoms. The third kappa shape index (κ3) is 3.80. The molecule has 26 heavy (non-hydrogen) atoms. The van der Waals surface area contributed by atoms with E-state index in [9.17, 15) is 4.39 Å². The quantitative estimate of drug-likeness (QED) is 0.666. The van der Waals surface area contributed by atoms with Crippen LogP contribution >= 0.6 is 11.6 Å². The first-order valence-electron chi connectivity index (χ1n) is 8.01. The number of ether oxygens (including phenoxy) is 2. The van der Waals surface area contributed by atoms with Crippen LogP contribution in [0, 0.1) is 5.82 Å². The van der Waals surface area contributed by atoms with Gasteiger partial charge in [-0.25, -0.2) is 14.4 Å². The highest BCUT2D eigenvalue weighted by Gasteiger charge is 2.18. The van der Waals surface area contributed by atoms with Crippen LogP contribution in [0.25, 0.3) is 10.9 Å². The molecule has 2 aromatic carbocycles. The Labute approximate surface area is 156 Å². The molecule has 0 aliphatic heterocycles. The molecule has 3 aromatic rings. The molecule has 0 saturated carbocycles. The van der Waals surface area contributed by atoms with Gasteiger partial charge in [-0.15, -0.1) is 0 Å². The average molecular weight is 376 g/mol. The van der Waals surface area contributed by atoms with Crippen LogP contribution in [-0.4, -0.2) is 22.7 Å². The minimum atomic E-state index is -0.541. The van der Waals surface area contributed by atoms with Crippen LogP contribution < -0.4 is 14.8 Å². The van der Waals surface area contributed by atoms with Gasteiger partial charge in [0, 0.05) is 11.5 Å². The van der Waals surface area contributed by atoms with Crippen molar-refractivity contribution in [3.05, 3.63) is 47.5 Å². The number of rotatable bonds is 4. The zero-order valence-corrected chi connectivity index (χ0v) is 15.7. The van der Waals surface area contributed by atoms with Crippen LogP contribution in [0.5, 0.6) is 11.5 Å². The van der Waals surface area contributed by atoms with Gasteiger partial charge in [-0.2, -0.15) is 0 Å². The minimum absolute atomic E-state index is 0.0341. The van der Waals surface area contributed by atoms with Crippen LogP contribution in [0.2, 0.25) is 5.02 Å². The lowest BCUT2D eigenvalue weighted by molar-refractivity contribution is 0.126. The summed E-state index contributed by atoms with van der Waals surface area (Å²) in [4.78, 5) is 8.51. The first-order valence-corrected chi connectivity index (χ1v) is 8.39. The number of nitrogens with zero attached hydrogens (tertiary/aromatic N) is 2. The lowest BCUT2D eigenvalue weighted by Gasteiger charge is -2.23. The lowest BCUT2D eigenvalue weighted by atomic mass is 10.1. The summed E-state index contributed by atoms with van der Waals surface area (Å²) in [6.07, 6.45) is 1.40. The van der Waals surface area contributed by atoms with E-state index in [1.165, 1.54) is 12.4 Å². The minimum Gasteiger partial charge on any atom is -0.493 e. The summed E-state index contributed by atoms with van der Waals surface area (Å²) < 4.78 is 25.6. The van der Waals surface area contributed by atoms with Gasteiger partial charge in [0.15, 0.2) is 17.3 Å². The normalized spacial score (nSPS) is 11.5. The van der Waals surface area contributed by atoms with Crippen LogP contribution in [0.15, 0.2) is 36.7 Å². The van der Waals surface area contributed by atoms with Crippen LogP contribution in [0.3, 0.4) is 0 Å². The Hall–Kier alpha value is -2.60. The number of anilines is 2. The average Bonchev–Trinajstić information content (AvgIpc) is 2.57. The highest BCUT2D eigenvalue weighted by molar-refractivity contribution is 6.31. The second-order valence-electron chi connectivity index (χ2n) is 6.68. The molecule has 1 aromatic heterocycles. The maximum Gasteiger partial charge on any atom is 0.165 e. The number of halogens is 2. The van der Waals surface area contributed by atoms with Crippen molar-refractivity contribution in [1.29, 1.82) is 0 Å². The van der Waals surface area contributed by atoms with Gasteiger partial charge in [0.2, 0.25) is 0 Å². The van der Waals surface area contributed by atoms with Crippen molar-refractivity contribution in [1.82, 2.24) is 9.97 Å². The van der Waals surface area contributed by atoms with E-state index in [0.717, 1.165) is 0 Å². The monoisotopic (exact) mass is 375 g/mol. The van der Waals surface area contributed by atoms with Gasteiger partial charge in [0.1, 0.15) is 17.7 Å². The Morgan fingerprint density at radius 1 is 1.12 bits per heavy atom. The summed E-state index contributed by atoms with van der Waals surface area (Å²) in [6.45, 7) is 5.85. The fraction of sp³-hybridized carbons (Fsp3) is 0.263. The zero-order chi connectivity index (χ0) is 18.9. The number of hydrogen-bond donors (Lipinski definition) is 1. The van der Waals surface area contributed by atoms with Crippen LogP contribution in [0.1, 0.15) is 20.8 Å². The molecule has 136 valence electrons. The highest BCUT2D eigenvalue weighted by Crippen LogP contribution is 2.36. The molecule has 0 radical (unpaired) electrons. The van der Waals surface area contributed by atoms with E-state index >= 15 is 0 Å². The first kappa shape index (κ1) is 18.2. The van der Waals surface area contributed by atoms with Gasteiger partial charge < -0.3 is 14.8 Å². The molecular weight excluding hydrogens is 357 g/mol. The van der Waals surface area contributed by atoms with Gasteiger partial charge in [0.25, 0.3) is 0 Å². The summed E-state index contributed by atoms with van der Waals surface area (Å²) in [7, 11) is 1.56. The highest BCUT2D eigenvalue weighted by atomic mass is 35.5. The molecule has 3 rings (SSSR count). The first-order chi connectivity index (χ1) is 12.3. The molecule has 0 unspecified atom stereocenters. The van der Waals surface area contributed by atoms with E-state index in [4.69, 9.17) is 21.1 Å². The summed E-state index contributed by atoms with van der Waals surface area (Å²) in [6, 6.07) is 8.28. The molecule has 0 amide bonds. The van der Waals surface area contributed by atoms with Crippen molar-refractivity contribution in [2.24, 2.45) is 0 Å². The molecule has 7 heteroatoms. The van der Waals surface area contributed by atoms with Crippen molar-refractivity contribution in [2.45, 2.75) is 26.4 Å². The van der Waals surface area contributed by atoms with Crippen molar-refractivity contribution < 1.29 is 13.9 Å².